The highest BCUT2D eigenvalue weighted by Crippen LogP contribution is 2.49. The normalized spacial score (nSPS) is 33.0. The summed E-state index contributed by atoms with van der Waals surface area (Å²) in [4.78, 5) is 0. The van der Waals surface area contributed by atoms with E-state index in [0.29, 0.717) is 16.7 Å². The summed E-state index contributed by atoms with van der Waals surface area (Å²) < 4.78 is 13.6. The van der Waals surface area contributed by atoms with E-state index in [9.17, 15) is 4.39 Å². The number of hydrogen-bond donors (Lipinski definition) is 0. The van der Waals surface area contributed by atoms with Gasteiger partial charge in [-0.25, -0.2) is 4.39 Å². The molecule has 0 aromatic rings. The third-order valence-electron chi connectivity index (χ3n) is 5.06. The molecule has 0 aromatic heterocycles. The van der Waals surface area contributed by atoms with Crippen molar-refractivity contribution in [2.24, 2.45) is 28.6 Å². The summed E-state index contributed by atoms with van der Waals surface area (Å²) in [7, 11) is 0. The van der Waals surface area contributed by atoms with Gasteiger partial charge >= 0.3 is 0 Å². The molecule has 3 unspecified atom stereocenters. The maximum atomic E-state index is 13.6. The molecular weight excluding hydrogens is 223 g/mol. The van der Waals surface area contributed by atoms with Crippen molar-refractivity contribution in [1.29, 1.82) is 0 Å². The highest BCUT2D eigenvalue weighted by Gasteiger charge is 2.41. The highest BCUT2D eigenvalue weighted by atomic mass is 19.1. The maximum Gasteiger partial charge on any atom is 0.100 e. The van der Waals surface area contributed by atoms with Crippen LogP contribution < -0.4 is 0 Å². The topological polar surface area (TPSA) is 0 Å². The summed E-state index contributed by atoms with van der Waals surface area (Å²) in [6, 6.07) is 0. The molecule has 3 atom stereocenters. The molecule has 0 nitrogen and oxygen atoms in total. The largest absolute Gasteiger partial charge is 0.247 e. The van der Waals surface area contributed by atoms with Crippen molar-refractivity contribution in [2.75, 3.05) is 0 Å². The quantitative estimate of drug-likeness (QED) is 0.515. The van der Waals surface area contributed by atoms with E-state index in [-0.39, 0.29) is 0 Å². The molecule has 0 bridgehead atoms. The summed E-state index contributed by atoms with van der Waals surface area (Å²) in [6.07, 6.45) is 3.91. The fourth-order valence-corrected chi connectivity index (χ4v) is 3.87. The molecule has 0 aliphatic heterocycles. The lowest BCUT2D eigenvalue weighted by atomic mass is 9.62. The minimum absolute atomic E-state index is 0.294. The van der Waals surface area contributed by atoms with Gasteiger partial charge in [0.05, 0.1) is 0 Å². The summed E-state index contributed by atoms with van der Waals surface area (Å²) >= 11 is 0. The molecule has 0 saturated heterocycles. The Balaban J connectivity index is 2.91. The molecule has 0 amide bonds. The van der Waals surface area contributed by atoms with Crippen molar-refractivity contribution < 1.29 is 4.39 Å². The minimum atomic E-state index is -0.635. The SMILES string of the molecule is CC(F)C1CCC(C(C)(C)C)C(C(C)(C)C)CC1. The molecule has 108 valence electrons. The van der Waals surface area contributed by atoms with Crippen molar-refractivity contribution >= 4 is 0 Å². The van der Waals surface area contributed by atoms with E-state index in [0.717, 1.165) is 24.7 Å². The number of alkyl halides is 1. The molecule has 18 heavy (non-hydrogen) atoms. The Labute approximate surface area is 114 Å². The molecule has 0 N–H and O–H groups in total. The molecule has 1 saturated carbocycles. The van der Waals surface area contributed by atoms with E-state index >= 15 is 0 Å². The monoisotopic (exact) mass is 256 g/mol. The summed E-state index contributed by atoms with van der Waals surface area (Å²) in [6.45, 7) is 15.9. The van der Waals surface area contributed by atoms with Crippen molar-refractivity contribution in [2.45, 2.75) is 80.3 Å². The third-order valence-corrected chi connectivity index (χ3v) is 5.06. The molecule has 1 aliphatic carbocycles. The zero-order valence-corrected chi connectivity index (χ0v) is 13.5. The van der Waals surface area contributed by atoms with E-state index in [1.807, 2.05) is 0 Å². The minimum Gasteiger partial charge on any atom is -0.247 e. The van der Waals surface area contributed by atoms with E-state index < -0.39 is 6.17 Å². The Morgan fingerprint density at radius 3 is 1.33 bits per heavy atom. The predicted molar refractivity (Wildman–Crippen MR) is 78.4 cm³/mol. The number of rotatable bonds is 1. The van der Waals surface area contributed by atoms with Crippen LogP contribution in [0.5, 0.6) is 0 Å². The second-order valence-electron chi connectivity index (χ2n) is 8.54. The fraction of sp³-hybridized carbons (Fsp3) is 1.00. The van der Waals surface area contributed by atoms with Crippen LogP contribution in [0.4, 0.5) is 4.39 Å². The van der Waals surface area contributed by atoms with Crippen molar-refractivity contribution in [3.05, 3.63) is 0 Å². The molecule has 1 aliphatic rings. The van der Waals surface area contributed by atoms with E-state index in [1.165, 1.54) is 12.8 Å². The van der Waals surface area contributed by atoms with Gasteiger partial charge in [0, 0.05) is 0 Å². The lowest BCUT2D eigenvalue weighted by molar-refractivity contribution is 0.0646. The van der Waals surface area contributed by atoms with Gasteiger partial charge in [0.15, 0.2) is 0 Å². The molecule has 0 aromatic carbocycles. The first-order valence-electron chi connectivity index (χ1n) is 7.67. The van der Waals surface area contributed by atoms with Crippen LogP contribution in [0.3, 0.4) is 0 Å². The van der Waals surface area contributed by atoms with Gasteiger partial charge in [-0.3, -0.25) is 0 Å². The van der Waals surface area contributed by atoms with E-state index in [1.54, 1.807) is 6.92 Å². The predicted octanol–water partition coefficient (Wildman–Crippen LogP) is 5.86. The molecule has 0 heterocycles. The van der Waals surface area contributed by atoms with Crippen LogP contribution in [-0.2, 0) is 0 Å². The Morgan fingerprint density at radius 2 is 1.11 bits per heavy atom. The lowest BCUT2D eigenvalue weighted by Crippen LogP contribution is -2.35. The van der Waals surface area contributed by atoms with Crippen LogP contribution in [0.2, 0.25) is 0 Å². The standard InChI is InChI=1S/C17H33F/c1-12(18)13-8-10-14(16(2,3)4)15(11-9-13)17(5,6)7/h12-15H,8-11H2,1-7H3. The Hall–Kier alpha value is -0.0700. The molecule has 1 rings (SSSR count). The molecular formula is C17H33F. The van der Waals surface area contributed by atoms with Gasteiger partial charge in [0.25, 0.3) is 0 Å². The average molecular weight is 256 g/mol. The van der Waals surface area contributed by atoms with Crippen molar-refractivity contribution in [3.63, 3.8) is 0 Å². The zero-order valence-electron chi connectivity index (χ0n) is 13.5. The Bertz CT molecular complexity index is 230. The second kappa shape index (κ2) is 5.51. The third kappa shape index (κ3) is 3.96. The van der Waals surface area contributed by atoms with Gasteiger partial charge in [0.1, 0.15) is 6.17 Å². The van der Waals surface area contributed by atoms with Crippen LogP contribution in [0.1, 0.15) is 74.1 Å². The van der Waals surface area contributed by atoms with Crippen LogP contribution in [0.25, 0.3) is 0 Å². The second-order valence-corrected chi connectivity index (χ2v) is 8.54. The van der Waals surface area contributed by atoms with Crippen LogP contribution >= 0.6 is 0 Å². The summed E-state index contributed by atoms with van der Waals surface area (Å²) in [5.74, 6) is 1.74. The van der Waals surface area contributed by atoms with Gasteiger partial charge in [0.2, 0.25) is 0 Å². The first kappa shape index (κ1) is 16.0. The van der Waals surface area contributed by atoms with Crippen molar-refractivity contribution in [3.8, 4) is 0 Å². The molecule has 1 heteroatoms. The first-order valence-corrected chi connectivity index (χ1v) is 7.67. The molecule has 0 spiro atoms. The number of halogens is 1. The highest BCUT2D eigenvalue weighted by molar-refractivity contribution is 4.90. The van der Waals surface area contributed by atoms with Gasteiger partial charge in [-0.15, -0.1) is 0 Å². The van der Waals surface area contributed by atoms with Gasteiger partial charge in [-0.05, 0) is 61.2 Å². The summed E-state index contributed by atoms with van der Waals surface area (Å²) in [5.41, 5.74) is 0.679. The van der Waals surface area contributed by atoms with E-state index in [4.69, 9.17) is 0 Å². The first-order chi connectivity index (χ1) is 8.03. The number of hydrogen-bond acceptors (Lipinski definition) is 0. The van der Waals surface area contributed by atoms with E-state index in [2.05, 4.69) is 41.5 Å². The molecule has 1 fully saturated rings. The van der Waals surface area contributed by atoms with Crippen LogP contribution in [-0.4, -0.2) is 6.17 Å². The molecule has 0 radical (unpaired) electrons. The van der Waals surface area contributed by atoms with Crippen LogP contribution in [0, 0.1) is 28.6 Å². The van der Waals surface area contributed by atoms with Gasteiger partial charge in [-0.2, -0.15) is 0 Å². The fourth-order valence-electron chi connectivity index (χ4n) is 3.87. The maximum absolute atomic E-state index is 13.6. The van der Waals surface area contributed by atoms with Gasteiger partial charge in [-0.1, -0.05) is 41.5 Å². The summed E-state index contributed by atoms with van der Waals surface area (Å²) in [5, 5.41) is 0. The van der Waals surface area contributed by atoms with Crippen molar-refractivity contribution in [1.82, 2.24) is 0 Å². The smallest absolute Gasteiger partial charge is 0.100 e. The average Bonchev–Trinajstić information content (AvgIpc) is 2.36. The Kier molecular flexibility index (Phi) is 4.89. The lowest BCUT2D eigenvalue weighted by Gasteiger charge is -2.43. The van der Waals surface area contributed by atoms with Gasteiger partial charge < -0.3 is 0 Å². The Morgan fingerprint density at radius 1 is 0.778 bits per heavy atom. The van der Waals surface area contributed by atoms with Crippen LogP contribution in [0.15, 0.2) is 0 Å². The zero-order chi connectivity index (χ0) is 14.1.